The first-order valence-electron chi connectivity index (χ1n) is 8.72. The van der Waals surface area contributed by atoms with Gasteiger partial charge in [0.25, 0.3) is 11.8 Å². The van der Waals surface area contributed by atoms with Crippen LogP contribution in [0.2, 0.25) is 5.02 Å². The predicted molar refractivity (Wildman–Crippen MR) is 110 cm³/mol. The Kier molecular flexibility index (Phi) is 4.91. The number of carbonyl (C=O) groups excluding carboxylic acids is 2. The first-order chi connectivity index (χ1) is 13.6. The lowest BCUT2D eigenvalue weighted by atomic mass is 10.0. The fourth-order valence-corrected chi connectivity index (χ4v) is 3.17. The third kappa shape index (κ3) is 3.66. The van der Waals surface area contributed by atoms with Crippen molar-refractivity contribution in [3.8, 4) is 0 Å². The molecule has 4 rings (SSSR count). The van der Waals surface area contributed by atoms with Gasteiger partial charge in [-0.15, -0.1) is 0 Å². The SMILES string of the molecule is O=C(NC1N=C(c2ccccc2)c2cc(Cl)ccc2NC1=O)c1ccccc1. The van der Waals surface area contributed by atoms with Crippen LogP contribution < -0.4 is 10.6 Å². The van der Waals surface area contributed by atoms with E-state index in [9.17, 15) is 9.59 Å². The van der Waals surface area contributed by atoms with Crippen molar-refractivity contribution in [3.05, 3.63) is 101 Å². The zero-order valence-corrected chi connectivity index (χ0v) is 15.5. The second-order valence-corrected chi connectivity index (χ2v) is 6.70. The van der Waals surface area contributed by atoms with E-state index in [1.54, 1.807) is 42.5 Å². The first kappa shape index (κ1) is 17.9. The minimum absolute atomic E-state index is 0.374. The maximum Gasteiger partial charge on any atom is 0.269 e. The van der Waals surface area contributed by atoms with Crippen LogP contribution in [0.15, 0.2) is 83.9 Å². The lowest BCUT2D eigenvalue weighted by Crippen LogP contribution is -2.42. The van der Waals surface area contributed by atoms with Gasteiger partial charge in [0, 0.05) is 21.7 Å². The van der Waals surface area contributed by atoms with E-state index in [1.165, 1.54) is 0 Å². The van der Waals surface area contributed by atoms with Crippen molar-refractivity contribution >= 4 is 34.8 Å². The number of nitrogens with zero attached hydrogens (tertiary/aromatic N) is 1. The predicted octanol–water partition coefficient (Wildman–Crippen LogP) is 3.89. The molecular formula is C22H16ClN3O2. The van der Waals surface area contributed by atoms with Gasteiger partial charge in [-0.05, 0) is 30.3 Å². The Labute approximate surface area is 167 Å². The number of benzene rings is 3. The summed E-state index contributed by atoms with van der Waals surface area (Å²) in [6.07, 6.45) is -1.07. The zero-order chi connectivity index (χ0) is 19.5. The van der Waals surface area contributed by atoms with Crippen LogP contribution in [0.4, 0.5) is 5.69 Å². The normalized spacial score (nSPS) is 15.7. The van der Waals surface area contributed by atoms with E-state index in [2.05, 4.69) is 15.6 Å². The molecule has 1 atom stereocenters. The highest BCUT2D eigenvalue weighted by atomic mass is 35.5. The van der Waals surface area contributed by atoms with Gasteiger partial charge < -0.3 is 10.6 Å². The zero-order valence-electron chi connectivity index (χ0n) is 14.7. The first-order valence-corrected chi connectivity index (χ1v) is 9.09. The van der Waals surface area contributed by atoms with Crippen molar-refractivity contribution in [1.29, 1.82) is 0 Å². The van der Waals surface area contributed by atoms with E-state index >= 15 is 0 Å². The molecule has 0 spiro atoms. The number of benzodiazepines with no additional fused rings is 1. The van der Waals surface area contributed by atoms with Crippen molar-refractivity contribution in [2.24, 2.45) is 4.99 Å². The Morgan fingerprint density at radius 3 is 2.36 bits per heavy atom. The van der Waals surface area contributed by atoms with Gasteiger partial charge in [-0.3, -0.25) is 9.59 Å². The number of nitrogens with one attached hydrogen (secondary N) is 2. The van der Waals surface area contributed by atoms with Gasteiger partial charge in [0.2, 0.25) is 6.17 Å². The van der Waals surface area contributed by atoms with Crippen LogP contribution in [-0.4, -0.2) is 23.7 Å². The average Bonchev–Trinajstić information content (AvgIpc) is 2.86. The molecule has 0 aromatic heterocycles. The molecule has 0 saturated carbocycles. The molecule has 138 valence electrons. The number of halogens is 1. The molecular weight excluding hydrogens is 374 g/mol. The molecule has 3 aromatic rings. The molecule has 28 heavy (non-hydrogen) atoms. The number of aliphatic imine (C=N–C) groups is 1. The van der Waals surface area contributed by atoms with Crippen molar-refractivity contribution in [2.45, 2.75) is 6.17 Å². The lowest BCUT2D eigenvalue weighted by Gasteiger charge is -2.13. The Balaban J connectivity index is 1.77. The van der Waals surface area contributed by atoms with Crippen molar-refractivity contribution in [3.63, 3.8) is 0 Å². The van der Waals surface area contributed by atoms with E-state index < -0.39 is 12.1 Å². The van der Waals surface area contributed by atoms with E-state index in [0.717, 1.165) is 5.56 Å². The van der Waals surface area contributed by atoms with Crippen LogP contribution in [0.3, 0.4) is 0 Å². The number of fused-ring (bicyclic) bond motifs is 1. The third-order valence-electron chi connectivity index (χ3n) is 4.35. The number of carbonyl (C=O) groups is 2. The highest BCUT2D eigenvalue weighted by Crippen LogP contribution is 2.27. The molecule has 1 aliphatic heterocycles. The molecule has 5 nitrogen and oxygen atoms in total. The molecule has 0 fully saturated rings. The fourth-order valence-electron chi connectivity index (χ4n) is 3.00. The topological polar surface area (TPSA) is 70.6 Å². The van der Waals surface area contributed by atoms with Gasteiger partial charge in [0.05, 0.1) is 11.4 Å². The van der Waals surface area contributed by atoms with Crippen LogP contribution in [0.1, 0.15) is 21.5 Å². The molecule has 3 aromatic carbocycles. The molecule has 2 amide bonds. The summed E-state index contributed by atoms with van der Waals surface area (Å²) >= 11 is 6.18. The van der Waals surface area contributed by atoms with Crippen molar-refractivity contribution < 1.29 is 9.59 Å². The number of anilines is 1. The van der Waals surface area contributed by atoms with Gasteiger partial charge in [0.15, 0.2) is 0 Å². The van der Waals surface area contributed by atoms with Crippen molar-refractivity contribution in [1.82, 2.24) is 5.32 Å². The number of hydrogen-bond donors (Lipinski definition) is 2. The number of amides is 2. The van der Waals surface area contributed by atoms with Gasteiger partial charge in [0.1, 0.15) is 0 Å². The van der Waals surface area contributed by atoms with Gasteiger partial charge in [-0.25, -0.2) is 4.99 Å². The second kappa shape index (κ2) is 7.66. The maximum atomic E-state index is 12.7. The average molecular weight is 390 g/mol. The number of hydrogen-bond acceptors (Lipinski definition) is 3. The molecule has 0 bridgehead atoms. The van der Waals surface area contributed by atoms with Gasteiger partial charge in [-0.2, -0.15) is 0 Å². The van der Waals surface area contributed by atoms with E-state index in [0.29, 0.717) is 27.5 Å². The van der Waals surface area contributed by atoms with E-state index in [1.807, 2.05) is 36.4 Å². The lowest BCUT2D eigenvalue weighted by molar-refractivity contribution is -0.117. The third-order valence-corrected chi connectivity index (χ3v) is 4.59. The Bertz CT molecular complexity index is 1070. The van der Waals surface area contributed by atoms with Crippen LogP contribution in [0.5, 0.6) is 0 Å². The molecule has 2 N–H and O–H groups in total. The largest absolute Gasteiger partial charge is 0.322 e. The van der Waals surface area contributed by atoms with Gasteiger partial charge in [-0.1, -0.05) is 60.1 Å². The summed E-state index contributed by atoms with van der Waals surface area (Å²) in [5.41, 5.74) is 3.14. The molecule has 0 saturated heterocycles. The standard InChI is InChI=1S/C22H16ClN3O2/c23-16-11-12-18-17(13-16)19(14-7-3-1-4-8-14)25-20(22(28)24-18)26-21(27)15-9-5-2-6-10-15/h1-13,20H,(H,24,28)(H,26,27). The summed E-state index contributed by atoms with van der Waals surface area (Å²) in [5, 5.41) is 6.06. The van der Waals surface area contributed by atoms with Crippen LogP contribution in [0, 0.1) is 0 Å². The Hall–Kier alpha value is -3.44. The smallest absolute Gasteiger partial charge is 0.269 e. The molecule has 0 radical (unpaired) electrons. The van der Waals surface area contributed by atoms with Crippen LogP contribution in [-0.2, 0) is 4.79 Å². The van der Waals surface area contributed by atoms with E-state index in [4.69, 9.17) is 11.6 Å². The molecule has 1 aliphatic rings. The minimum atomic E-state index is -1.07. The molecule has 1 unspecified atom stereocenters. The summed E-state index contributed by atoms with van der Waals surface area (Å²) in [6, 6.07) is 23.4. The van der Waals surface area contributed by atoms with Crippen molar-refractivity contribution in [2.75, 3.05) is 5.32 Å². The Morgan fingerprint density at radius 2 is 1.64 bits per heavy atom. The van der Waals surface area contributed by atoms with Crippen LogP contribution >= 0.6 is 11.6 Å². The molecule has 1 heterocycles. The number of rotatable bonds is 3. The molecule has 6 heteroatoms. The molecule has 0 aliphatic carbocycles. The summed E-state index contributed by atoms with van der Waals surface area (Å²) in [4.78, 5) is 29.9. The summed E-state index contributed by atoms with van der Waals surface area (Å²) < 4.78 is 0. The van der Waals surface area contributed by atoms with Gasteiger partial charge >= 0.3 is 0 Å². The van der Waals surface area contributed by atoms with E-state index in [-0.39, 0.29) is 5.91 Å². The maximum absolute atomic E-state index is 12.7. The minimum Gasteiger partial charge on any atom is -0.322 e. The summed E-state index contributed by atoms with van der Waals surface area (Å²) in [6.45, 7) is 0. The summed E-state index contributed by atoms with van der Waals surface area (Å²) in [5.74, 6) is -0.792. The Morgan fingerprint density at radius 1 is 0.964 bits per heavy atom. The fraction of sp³-hybridized carbons (Fsp3) is 0.0455. The second-order valence-electron chi connectivity index (χ2n) is 6.26. The quantitative estimate of drug-likeness (QED) is 0.713. The summed E-state index contributed by atoms with van der Waals surface area (Å²) in [7, 11) is 0. The van der Waals surface area contributed by atoms with Crippen LogP contribution in [0.25, 0.3) is 0 Å². The highest BCUT2D eigenvalue weighted by molar-refractivity contribution is 6.32. The monoisotopic (exact) mass is 389 g/mol. The highest BCUT2D eigenvalue weighted by Gasteiger charge is 2.27.